The average molecular weight is 295 g/mol. The van der Waals surface area contributed by atoms with Gasteiger partial charge in [-0.2, -0.15) is 5.26 Å². The molecule has 0 heterocycles. The minimum absolute atomic E-state index is 0.0581. The molecule has 1 N–H and O–H groups in total. The van der Waals surface area contributed by atoms with Crippen LogP contribution in [0.1, 0.15) is 22.8 Å². The van der Waals surface area contributed by atoms with Crippen molar-refractivity contribution in [1.29, 1.82) is 5.26 Å². The van der Waals surface area contributed by atoms with Gasteiger partial charge in [-0.3, -0.25) is 0 Å². The molecule has 0 saturated carbocycles. The molecule has 0 fully saturated rings. The first kappa shape index (κ1) is 16.2. The summed E-state index contributed by atoms with van der Waals surface area (Å²) in [5, 5.41) is 8.73. The summed E-state index contributed by atoms with van der Waals surface area (Å²) in [7, 11) is 2.01. The van der Waals surface area contributed by atoms with Crippen molar-refractivity contribution in [2.45, 2.75) is 13.0 Å². The van der Waals surface area contributed by atoms with Crippen molar-refractivity contribution in [1.82, 2.24) is 0 Å². The molecular weight excluding hydrogens is 272 g/mol. The highest BCUT2D eigenvalue weighted by Gasteiger charge is 2.17. The molecule has 2 atom stereocenters. The Labute approximate surface area is 132 Å². The quantitative estimate of drug-likeness (QED) is 0.795. The van der Waals surface area contributed by atoms with Gasteiger partial charge in [0.15, 0.2) is 6.54 Å². The maximum atomic E-state index is 8.73. The second kappa shape index (κ2) is 8.33. The predicted octanol–water partition coefficient (Wildman–Crippen LogP) is 2.14. The van der Waals surface area contributed by atoms with Crippen LogP contribution in [0, 0.1) is 18.3 Å². The lowest BCUT2D eigenvalue weighted by Crippen LogP contribution is -3.09. The van der Waals surface area contributed by atoms with Gasteiger partial charge < -0.3 is 9.64 Å². The molecule has 22 heavy (non-hydrogen) atoms. The molecule has 0 aliphatic carbocycles. The topological polar surface area (TPSA) is 37.5 Å². The fourth-order valence-electron chi connectivity index (χ4n) is 2.45. The van der Waals surface area contributed by atoms with E-state index in [1.165, 1.54) is 16.0 Å². The van der Waals surface area contributed by atoms with Crippen LogP contribution in [-0.4, -0.2) is 26.7 Å². The fraction of sp³-hybridized carbons (Fsp3) is 0.316. The van der Waals surface area contributed by atoms with Crippen LogP contribution in [0.25, 0.3) is 0 Å². The lowest BCUT2D eigenvalue weighted by Gasteiger charge is -2.21. The summed E-state index contributed by atoms with van der Waals surface area (Å²) in [6, 6.07) is 20.8. The minimum Gasteiger partial charge on any atom is -0.363 e. The van der Waals surface area contributed by atoms with Crippen LogP contribution in [0.5, 0.6) is 0 Å². The van der Waals surface area contributed by atoms with Crippen LogP contribution in [0.15, 0.2) is 54.6 Å². The molecule has 0 aliphatic heterocycles. The van der Waals surface area contributed by atoms with Crippen molar-refractivity contribution in [3.8, 4) is 6.07 Å². The number of nitriles is 1. The van der Waals surface area contributed by atoms with E-state index in [9.17, 15) is 0 Å². The van der Waals surface area contributed by atoms with Gasteiger partial charge >= 0.3 is 0 Å². The fourth-order valence-corrected chi connectivity index (χ4v) is 2.45. The maximum Gasteiger partial charge on any atom is 0.164 e. The Morgan fingerprint density at radius 1 is 1.09 bits per heavy atom. The number of ether oxygens (including phenoxy) is 1. The first-order valence-corrected chi connectivity index (χ1v) is 7.62. The highest BCUT2D eigenvalue weighted by molar-refractivity contribution is 5.35. The van der Waals surface area contributed by atoms with Crippen LogP contribution < -0.4 is 4.90 Å². The number of rotatable bonds is 7. The van der Waals surface area contributed by atoms with Crippen molar-refractivity contribution in [2.75, 3.05) is 26.7 Å². The zero-order valence-electron chi connectivity index (χ0n) is 13.3. The molecule has 0 amide bonds. The highest BCUT2D eigenvalue weighted by atomic mass is 16.5. The van der Waals surface area contributed by atoms with Crippen LogP contribution in [0.4, 0.5) is 0 Å². The van der Waals surface area contributed by atoms with E-state index >= 15 is 0 Å². The second-order valence-corrected chi connectivity index (χ2v) is 5.56. The normalized spacial score (nSPS) is 13.3. The van der Waals surface area contributed by atoms with Crippen molar-refractivity contribution < 1.29 is 9.64 Å². The molecule has 0 saturated heterocycles. The molecule has 2 aromatic carbocycles. The van der Waals surface area contributed by atoms with Gasteiger partial charge in [-0.15, -0.1) is 0 Å². The molecule has 114 valence electrons. The number of hydrogen-bond acceptors (Lipinski definition) is 2. The summed E-state index contributed by atoms with van der Waals surface area (Å²) in [5.74, 6) is 0. The summed E-state index contributed by atoms with van der Waals surface area (Å²) in [6.07, 6.45) is -0.0581. The van der Waals surface area contributed by atoms with Crippen LogP contribution >= 0.6 is 0 Å². The standard InChI is InChI=1S/C19H22N2O/c1-16-8-6-7-11-18(16)19(17-9-4-3-5-10-17)22-15-14-21(2)13-12-20/h3-11,19H,13-15H2,1-2H3/p+1/t19-/m1/s1. The summed E-state index contributed by atoms with van der Waals surface area (Å²) in [5.41, 5.74) is 3.59. The smallest absolute Gasteiger partial charge is 0.164 e. The van der Waals surface area contributed by atoms with E-state index in [-0.39, 0.29) is 6.10 Å². The molecule has 0 spiro atoms. The minimum atomic E-state index is -0.0581. The van der Waals surface area contributed by atoms with Crippen LogP contribution in [0.3, 0.4) is 0 Å². The summed E-state index contributed by atoms with van der Waals surface area (Å²) in [4.78, 5) is 1.17. The molecule has 2 rings (SSSR count). The van der Waals surface area contributed by atoms with Gasteiger partial charge in [-0.05, 0) is 23.6 Å². The van der Waals surface area contributed by atoms with Crippen molar-refractivity contribution in [3.63, 3.8) is 0 Å². The Morgan fingerprint density at radius 3 is 2.45 bits per heavy atom. The predicted molar refractivity (Wildman–Crippen MR) is 87.6 cm³/mol. The summed E-state index contributed by atoms with van der Waals surface area (Å²) in [6.45, 7) is 4.07. The van der Waals surface area contributed by atoms with Gasteiger partial charge in [-0.25, -0.2) is 0 Å². The molecule has 0 radical (unpaired) electrons. The zero-order chi connectivity index (χ0) is 15.8. The number of nitrogens with one attached hydrogen (secondary N) is 1. The number of hydrogen-bond donors (Lipinski definition) is 1. The van der Waals surface area contributed by atoms with Gasteiger partial charge in [0, 0.05) is 0 Å². The third kappa shape index (κ3) is 4.42. The highest BCUT2D eigenvalue weighted by Crippen LogP contribution is 2.27. The lowest BCUT2D eigenvalue weighted by molar-refractivity contribution is -0.872. The van der Waals surface area contributed by atoms with E-state index in [2.05, 4.69) is 43.3 Å². The molecule has 2 aromatic rings. The van der Waals surface area contributed by atoms with Gasteiger partial charge in [0.1, 0.15) is 18.7 Å². The molecule has 0 aliphatic rings. The summed E-state index contributed by atoms with van der Waals surface area (Å²) < 4.78 is 6.18. The van der Waals surface area contributed by atoms with Crippen LogP contribution in [-0.2, 0) is 4.74 Å². The van der Waals surface area contributed by atoms with E-state index in [1.54, 1.807) is 0 Å². The number of aryl methyl sites for hydroxylation is 1. The maximum absolute atomic E-state index is 8.73. The zero-order valence-corrected chi connectivity index (χ0v) is 13.3. The van der Waals surface area contributed by atoms with E-state index in [0.29, 0.717) is 13.2 Å². The monoisotopic (exact) mass is 295 g/mol. The molecule has 3 nitrogen and oxygen atoms in total. The molecule has 0 aromatic heterocycles. The van der Waals surface area contributed by atoms with Gasteiger partial charge in [0.2, 0.25) is 0 Å². The van der Waals surface area contributed by atoms with Gasteiger partial charge in [0.25, 0.3) is 0 Å². The Kier molecular flexibility index (Phi) is 6.14. The van der Waals surface area contributed by atoms with E-state index in [0.717, 1.165) is 12.1 Å². The van der Waals surface area contributed by atoms with Crippen molar-refractivity contribution in [2.24, 2.45) is 0 Å². The summed E-state index contributed by atoms with van der Waals surface area (Å²) >= 11 is 0. The first-order chi connectivity index (χ1) is 10.7. The SMILES string of the molecule is Cc1ccccc1[C@H](OCC[NH+](C)CC#N)c1ccccc1. The Balaban J connectivity index is 2.14. The van der Waals surface area contributed by atoms with E-state index in [4.69, 9.17) is 10.00 Å². The second-order valence-electron chi connectivity index (χ2n) is 5.56. The largest absolute Gasteiger partial charge is 0.363 e. The average Bonchev–Trinajstić information content (AvgIpc) is 2.54. The molecule has 1 unspecified atom stereocenters. The number of benzene rings is 2. The molecular formula is C19H23N2O+. The van der Waals surface area contributed by atoms with Crippen LogP contribution in [0.2, 0.25) is 0 Å². The van der Waals surface area contributed by atoms with Crippen molar-refractivity contribution >= 4 is 0 Å². The molecule has 0 bridgehead atoms. The van der Waals surface area contributed by atoms with Gasteiger partial charge in [-0.1, -0.05) is 54.6 Å². The van der Waals surface area contributed by atoms with E-state index in [1.807, 2.05) is 31.3 Å². The lowest BCUT2D eigenvalue weighted by atomic mass is 9.97. The van der Waals surface area contributed by atoms with Gasteiger partial charge in [0.05, 0.1) is 13.7 Å². The van der Waals surface area contributed by atoms with E-state index < -0.39 is 0 Å². The van der Waals surface area contributed by atoms with Crippen molar-refractivity contribution in [3.05, 3.63) is 71.3 Å². The third-order valence-corrected chi connectivity index (χ3v) is 3.77. The number of likely N-dealkylation sites (N-methyl/N-ethyl adjacent to an activating group) is 1. The number of quaternary nitrogens is 1. The Morgan fingerprint density at radius 2 is 1.77 bits per heavy atom. The number of nitrogens with zero attached hydrogens (tertiary/aromatic N) is 1. The Bertz CT molecular complexity index is 619. The Hall–Kier alpha value is -2.15. The third-order valence-electron chi connectivity index (χ3n) is 3.77. The first-order valence-electron chi connectivity index (χ1n) is 7.62. The molecule has 3 heteroatoms.